The van der Waals surface area contributed by atoms with Gasteiger partial charge in [0.2, 0.25) is 5.11 Å². The lowest BCUT2D eigenvalue weighted by Crippen LogP contribution is -2.15. The van der Waals surface area contributed by atoms with Crippen LogP contribution >= 0.6 is 30.1 Å². The van der Waals surface area contributed by atoms with Crippen LogP contribution in [0.4, 0.5) is 0 Å². The molecule has 1 unspecified atom stereocenters. The second-order valence-electron chi connectivity index (χ2n) is 5.50. The van der Waals surface area contributed by atoms with Gasteiger partial charge < -0.3 is 4.74 Å². The maximum atomic E-state index is 5.18. The van der Waals surface area contributed by atoms with Crippen molar-refractivity contribution in [1.82, 2.24) is 0 Å². The summed E-state index contributed by atoms with van der Waals surface area (Å²) in [5.74, 6) is 0.870. The fraction of sp³-hybridized carbons (Fsp3) is 0.357. The predicted molar refractivity (Wildman–Crippen MR) is 94.2 cm³/mol. The Morgan fingerprint density at radius 3 is 2.30 bits per heavy atom. The zero-order valence-corrected chi connectivity index (χ0v) is 14.3. The number of benzene rings is 1. The first-order valence-electron chi connectivity index (χ1n) is 6.27. The zero-order chi connectivity index (χ0) is 14.3. The lowest BCUT2D eigenvalue weighted by molar-refractivity contribution is 0.415. The molecule has 0 fully saturated rings. The Labute approximate surface area is 129 Å². The van der Waals surface area contributed by atoms with Crippen molar-refractivity contribution in [3.8, 4) is 5.75 Å². The summed E-state index contributed by atoms with van der Waals surface area (Å²) in [5.41, 5.74) is 1.25. The molecular weight excluding hydrogens is 308 g/mol. The Bertz CT molecular complexity index is 639. The molecule has 0 amide bonds. The lowest BCUT2D eigenvalue weighted by Gasteiger charge is -2.17. The monoisotopic (exact) mass is 324 g/mol. The van der Waals surface area contributed by atoms with Crippen molar-refractivity contribution in [2.24, 2.45) is 15.4 Å². The lowest BCUT2D eigenvalue weighted by atomic mass is 9.99. The molecule has 1 atom stereocenters. The first kappa shape index (κ1) is 14.2. The number of rotatable bonds is 2. The molecule has 0 spiro atoms. The molecular formula is C14H16N2OS3. The third kappa shape index (κ3) is 2.69. The summed E-state index contributed by atoms with van der Waals surface area (Å²) in [7, 11) is 5.38. The second kappa shape index (κ2) is 5.24. The summed E-state index contributed by atoms with van der Waals surface area (Å²) >= 11 is 0. The van der Waals surface area contributed by atoms with Crippen LogP contribution in [-0.2, 0) is 0 Å². The maximum Gasteiger partial charge on any atom is 0.200 e. The predicted octanol–water partition coefficient (Wildman–Crippen LogP) is 4.57. The molecule has 0 aromatic heterocycles. The molecule has 20 heavy (non-hydrogen) atoms. The van der Waals surface area contributed by atoms with E-state index in [4.69, 9.17) is 14.7 Å². The fourth-order valence-corrected chi connectivity index (χ4v) is 7.92. The van der Waals surface area contributed by atoms with Crippen LogP contribution in [0.25, 0.3) is 0 Å². The molecule has 2 aliphatic rings. The van der Waals surface area contributed by atoms with Crippen molar-refractivity contribution in [2.45, 2.75) is 20.8 Å². The second-order valence-corrected chi connectivity index (χ2v) is 11.1. The Morgan fingerprint density at radius 1 is 1.05 bits per heavy atom. The third-order valence-corrected chi connectivity index (χ3v) is 8.94. The standard InChI is InChI=1S/C14H16N2OS3/c1-14(2,3)12-16-13-15-11(18-20(13)19-12)9-5-7-10(17-4)8-6-9/h5-8H,1-4H3. The van der Waals surface area contributed by atoms with E-state index in [9.17, 15) is 0 Å². The van der Waals surface area contributed by atoms with Gasteiger partial charge >= 0.3 is 0 Å². The van der Waals surface area contributed by atoms with Crippen molar-refractivity contribution in [3.63, 3.8) is 0 Å². The van der Waals surface area contributed by atoms with Gasteiger partial charge in [0.25, 0.3) is 0 Å². The molecule has 0 aliphatic carbocycles. The van der Waals surface area contributed by atoms with Crippen molar-refractivity contribution in [3.05, 3.63) is 29.8 Å². The first-order valence-corrected chi connectivity index (χ1v) is 10.2. The molecule has 0 saturated carbocycles. The van der Waals surface area contributed by atoms with Gasteiger partial charge in [0.1, 0.15) is 10.8 Å². The quantitative estimate of drug-likeness (QED) is 0.590. The van der Waals surface area contributed by atoms with Gasteiger partial charge in [0.05, 0.1) is 12.2 Å². The van der Waals surface area contributed by atoms with Gasteiger partial charge in [-0.1, -0.05) is 20.8 Å². The fourth-order valence-electron chi connectivity index (χ4n) is 1.68. The number of hydrogen-bond acceptors (Lipinski definition) is 5. The van der Waals surface area contributed by atoms with Gasteiger partial charge in [-0.05, 0) is 54.4 Å². The number of hydrogen-bond donors (Lipinski definition) is 0. The molecule has 106 valence electrons. The minimum atomic E-state index is 0.0292. The molecule has 3 rings (SSSR count). The summed E-state index contributed by atoms with van der Waals surface area (Å²) < 4.78 is 5.18. The number of methoxy groups -OCH3 is 1. The zero-order valence-electron chi connectivity index (χ0n) is 11.8. The minimum Gasteiger partial charge on any atom is -0.497 e. The highest BCUT2D eigenvalue weighted by Gasteiger charge is 2.32. The van der Waals surface area contributed by atoms with Crippen molar-refractivity contribution in [2.75, 3.05) is 7.11 Å². The van der Waals surface area contributed by atoms with Gasteiger partial charge in [0, 0.05) is 11.0 Å². The molecule has 6 heteroatoms. The molecule has 1 aromatic rings. The Hall–Kier alpha value is -0.720. The molecule has 2 aliphatic heterocycles. The van der Waals surface area contributed by atoms with E-state index in [1.807, 2.05) is 33.7 Å². The van der Waals surface area contributed by atoms with Crippen LogP contribution in [0.5, 0.6) is 5.75 Å². The van der Waals surface area contributed by atoms with E-state index in [-0.39, 0.29) is 14.0 Å². The van der Waals surface area contributed by atoms with Crippen molar-refractivity contribution in [1.29, 1.82) is 0 Å². The van der Waals surface area contributed by atoms with Gasteiger partial charge in [-0.3, -0.25) is 0 Å². The van der Waals surface area contributed by atoms with E-state index in [1.54, 1.807) is 7.11 Å². The smallest absolute Gasteiger partial charge is 0.200 e. The van der Waals surface area contributed by atoms with Crippen molar-refractivity contribution >= 4 is 45.3 Å². The maximum absolute atomic E-state index is 5.18. The van der Waals surface area contributed by atoms with Crippen LogP contribution in [0.2, 0.25) is 0 Å². The summed E-state index contributed by atoms with van der Waals surface area (Å²) in [5, 5.41) is 3.24. The van der Waals surface area contributed by atoms with Crippen LogP contribution in [0.1, 0.15) is 26.3 Å². The van der Waals surface area contributed by atoms with Gasteiger partial charge in [-0.25, -0.2) is 9.98 Å². The minimum absolute atomic E-state index is 0.0292. The average molecular weight is 324 g/mol. The van der Waals surface area contributed by atoms with E-state index in [0.717, 1.165) is 21.5 Å². The van der Waals surface area contributed by atoms with Gasteiger partial charge in [-0.15, -0.1) is 0 Å². The highest BCUT2D eigenvalue weighted by molar-refractivity contribution is 9.21. The largest absolute Gasteiger partial charge is 0.497 e. The molecule has 0 saturated heterocycles. The molecule has 0 radical (unpaired) electrons. The Kier molecular flexibility index (Phi) is 3.73. The number of aliphatic imine (C=N–C) groups is 2. The Morgan fingerprint density at radius 2 is 1.75 bits per heavy atom. The van der Waals surface area contributed by atoms with Crippen LogP contribution in [0.15, 0.2) is 34.3 Å². The number of ether oxygens (including phenoxy) is 1. The van der Waals surface area contributed by atoms with E-state index in [1.165, 1.54) is 5.04 Å². The van der Waals surface area contributed by atoms with Crippen LogP contribution in [0, 0.1) is 5.41 Å². The van der Waals surface area contributed by atoms with E-state index >= 15 is 0 Å². The van der Waals surface area contributed by atoms with E-state index in [2.05, 4.69) is 32.9 Å². The first-order chi connectivity index (χ1) is 9.47. The molecule has 0 N–H and O–H groups in total. The Balaban J connectivity index is 1.81. The summed E-state index contributed by atoms with van der Waals surface area (Å²) in [6, 6.07) is 8.04. The van der Waals surface area contributed by atoms with E-state index in [0.29, 0.717) is 0 Å². The topological polar surface area (TPSA) is 34.0 Å². The number of nitrogens with zero attached hydrogens (tertiary/aromatic N) is 2. The van der Waals surface area contributed by atoms with Gasteiger partial charge in [0.15, 0.2) is 0 Å². The molecule has 3 nitrogen and oxygen atoms in total. The molecule has 2 heterocycles. The average Bonchev–Trinajstić information content (AvgIpc) is 2.96. The third-order valence-electron chi connectivity index (χ3n) is 2.83. The van der Waals surface area contributed by atoms with Crippen LogP contribution < -0.4 is 4.74 Å². The molecule has 0 bridgehead atoms. The van der Waals surface area contributed by atoms with Crippen molar-refractivity contribution < 1.29 is 4.74 Å². The van der Waals surface area contributed by atoms with E-state index < -0.39 is 0 Å². The van der Waals surface area contributed by atoms with Crippen LogP contribution in [-0.4, -0.2) is 22.3 Å². The summed E-state index contributed by atoms with van der Waals surface area (Å²) in [4.78, 5) is 9.41. The van der Waals surface area contributed by atoms with Gasteiger partial charge in [-0.2, -0.15) is 0 Å². The normalized spacial score (nSPS) is 21.6. The summed E-state index contributed by atoms with van der Waals surface area (Å²) in [6.45, 7) is 6.59. The van der Waals surface area contributed by atoms with Crippen LogP contribution in [0.3, 0.4) is 0 Å². The highest BCUT2D eigenvalue weighted by Crippen LogP contribution is 2.56. The highest BCUT2D eigenvalue weighted by atomic mass is 33.5. The molecule has 1 aromatic carbocycles. The summed E-state index contributed by atoms with van der Waals surface area (Å²) in [6.07, 6.45) is 0. The SMILES string of the molecule is COc1ccc(C2=NC3=S(S2)SC(C(C)(C)C)=N3)cc1.